The molecule has 1 aliphatic rings. The van der Waals surface area contributed by atoms with Gasteiger partial charge in [-0.25, -0.2) is 13.7 Å². The molecule has 0 bridgehead atoms. The lowest BCUT2D eigenvalue weighted by Crippen LogP contribution is -2.43. The highest BCUT2D eigenvalue weighted by Crippen LogP contribution is 2.33. The van der Waals surface area contributed by atoms with Crippen LogP contribution in [0.5, 0.6) is 0 Å². The van der Waals surface area contributed by atoms with Gasteiger partial charge in [-0.15, -0.1) is 0 Å². The summed E-state index contributed by atoms with van der Waals surface area (Å²) in [4.78, 5) is 6.59. The van der Waals surface area contributed by atoms with Gasteiger partial charge in [0, 0.05) is 60.3 Å². The van der Waals surface area contributed by atoms with Crippen molar-refractivity contribution in [3.05, 3.63) is 66.6 Å². The number of fused-ring (bicyclic) bond motifs is 1. The number of halogens is 3. The number of hydrogen-bond acceptors (Lipinski definition) is 5. The third-order valence-corrected chi connectivity index (χ3v) is 7.07. The van der Waals surface area contributed by atoms with Gasteiger partial charge >= 0.3 is 5.51 Å². The second-order valence-corrected chi connectivity index (χ2v) is 9.62. The van der Waals surface area contributed by atoms with Gasteiger partial charge in [0.1, 0.15) is 0 Å². The Labute approximate surface area is 196 Å². The maximum Gasteiger partial charge on any atom is 0.475 e. The first-order valence-corrected chi connectivity index (χ1v) is 12.0. The van der Waals surface area contributed by atoms with Crippen molar-refractivity contribution in [2.24, 2.45) is 0 Å². The van der Waals surface area contributed by atoms with E-state index in [4.69, 9.17) is 0 Å². The van der Waals surface area contributed by atoms with E-state index in [1.807, 2.05) is 18.3 Å². The van der Waals surface area contributed by atoms with Crippen molar-refractivity contribution in [2.75, 3.05) is 31.1 Å². The van der Waals surface area contributed by atoms with Gasteiger partial charge in [0.15, 0.2) is 16.4 Å². The molecule has 1 N–H and O–H groups in total. The van der Waals surface area contributed by atoms with E-state index < -0.39 is 16.3 Å². The highest BCUT2D eigenvalue weighted by Gasteiger charge is 2.38. The van der Waals surface area contributed by atoms with E-state index in [9.17, 15) is 17.4 Å². The molecule has 0 saturated carbocycles. The number of nitrogens with one attached hydrogen (secondary N) is 1. The molecule has 0 amide bonds. The van der Waals surface area contributed by atoms with Crippen LogP contribution in [0.1, 0.15) is 5.56 Å². The molecule has 5 rings (SSSR count). The SMILES string of the molecule is Cc1ccc(S(=O)C(F)(F)F)cc1-c1cnn2cc(-c3ccc(N4CCNCC4)cc3)cnc12. The summed E-state index contributed by atoms with van der Waals surface area (Å²) in [6.45, 7) is 5.67. The fraction of sp³-hybridized carbons (Fsp3) is 0.250. The van der Waals surface area contributed by atoms with E-state index in [0.29, 0.717) is 16.8 Å². The summed E-state index contributed by atoms with van der Waals surface area (Å²) in [7, 11) is -3.10. The maximum absolute atomic E-state index is 13.0. The Morgan fingerprint density at radius 3 is 2.41 bits per heavy atom. The van der Waals surface area contributed by atoms with Crippen molar-refractivity contribution >= 4 is 22.1 Å². The molecule has 1 atom stereocenters. The topological polar surface area (TPSA) is 62.5 Å². The number of hydrogen-bond donors (Lipinski definition) is 1. The molecule has 0 radical (unpaired) electrons. The summed E-state index contributed by atoms with van der Waals surface area (Å²) in [6, 6.07) is 12.4. The molecule has 0 spiro atoms. The van der Waals surface area contributed by atoms with Gasteiger partial charge in [-0.05, 0) is 47.9 Å². The molecule has 2 aromatic carbocycles. The lowest BCUT2D eigenvalue weighted by molar-refractivity contribution is -0.0384. The molecule has 10 heteroatoms. The molecule has 2 aromatic heterocycles. The van der Waals surface area contributed by atoms with Crippen LogP contribution in [0.25, 0.3) is 27.9 Å². The van der Waals surface area contributed by atoms with Crippen LogP contribution in [-0.2, 0) is 10.8 Å². The van der Waals surface area contributed by atoms with Crippen LogP contribution < -0.4 is 10.2 Å². The zero-order chi connectivity index (χ0) is 23.9. The second-order valence-electron chi connectivity index (χ2n) is 8.14. The number of aromatic nitrogens is 3. The normalized spacial score (nSPS) is 15.6. The van der Waals surface area contributed by atoms with E-state index in [0.717, 1.165) is 42.9 Å². The average molecular weight is 486 g/mol. The minimum atomic E-state index is -4.82. The molecule has 1 aliphatic heterocycles. The van der Waals surface area contributed by atoms with Crippen molar-refractivity contribution in [1.82, 2.24) is 19.9 Å². The molecule has 6 nitrogen and oxygen atoms in total. The number of nitrogens with zero attached hydrogens (tertiary/aromatic N) is 4. The largest absolute Gasteiger partial charge is 0.475 e. The van der Waals surface area contributed by atoms with E-state index in [2.05, 4.69) is 32.4 Å². The number of piperazine rings is 1. The van der Waals surface area contributed by atoms with E-state index in [-0.39, 0.29) is 4.90 Å². The Hall–Kier alpha value is -3.24. The highest BCUT2D eigenvalue weighted by atomic mass is 32.2. The van der Waals surface area contributed by atoms with Crippen LogP contribution in [0.2, 0.25) is 0 Å². The zero-order valence-corrected chi connectivity index (χ0v) is 19.2. The van der Waals surface area contributed by atoms with Crippen molar-refractivity contribution in [3.63, 3.8) is 0 Å². The molecule has 1 fully saturated rings. The number of anilines is 1. The summed E-state index contributed by atoms with van der Waals surface area (Å²) in [5.74, 6) is 0. The van der Waals surface area contributed by atoms with Crippen LogP contribution in [-0.4, -0.2) is 50.5 Å². The molecule has 0 aliphatic carbocycles. The maximum atomic E-state index is 13.0. The van der Waals surface area contributed by atoms with Crippen molar-refractivity contribution in [2.45, 2.75) is 17.3 Å². The quantitative estimate of drug-likeness (QED) is 0.464. The molecular weight excluding hydrogens is 463 g/mol. The minimum absolute atomic E-state index is 0.298. The molecule has 4 aromatic rings. The van der Waals surface area contributed by atoms with Gasteiger partial charge in [-0.3, -0.25) is 0 Å². The molecular formula is C24H22F3N5OS. The van der Waals surface area contributed by atoms with Crippen LogP contribution in [0, 0.1) is 6.92 Å². The summed E-state index contributed by atoms with van der Waals surface area (Å²) >= 11 is 0. The van der Waals surface area contributed by atoms with Gasteiger partial charge in [0.25, 0.3) is 0 Å². The van der Waals surface area contributed by atoms with Crippen molar-refractivity contribution in [1.29, 1.82) is 0 Å². The molecule has 1 saturated heterocycles. The molecule has 1 unspecified atom stereocenters. The fourth-order valence-electron chi connectivity index (χ4n) is 4.14. The predicted molar refractivity (Wildman–Crippen MR) is 126 cm³/mol. The van der Waals surface area contributed by atoms with Crippen LogP contribution in [0.15, 0.2) is 66.0 Å². The van der Waals surface area contributed by atoms with Gasteiger partial charge in [0.05, 0.1) is 6.20 Å². The van der Waals surface area contributed by atoms with Crippen molar-refractivity contribution in [3.8, 4) is 22.3 Å². The van der Waals surface area contributed by atoms with Crippen LogP contribution in [0.3, 0.4) is 0 Å². The monoisotopic (exact) mass is 485 g/mol. The average Bonchev–Trinajstić information content (AvgIpc) is 3.27. The van der Waals surface area contributed by atoms with E-state index >= 15 is 0 Å². The first kappa shape index (κ1) is 22.5. The lowest BCUT2D eigenvalue weighted by atomic mass is 10.0. The minimum Gasteiger partial charge on any atom is -0.369 e. The number of rotatable bonds is 4. The Bertz CT molecular complexity index is 1360. The van der Waals surface area contributed by atoms with Gasteiger partial charge in [-0.2, -0.15) is 18.3 Å². The first-order valence-electron chi connectivity index (χ1n) is 10.8. The molecule has 176 valence electrons. The number of alkyl halides is 3. The summed E-state index contributed by atoms with van der Waals surface area (Å²) in [5.41, 5.74) is 0.576. The summed E-state index contributed by atoms with van der Waals surface area (Å²) < 4.78 is 52.3. The third-order valence-electron chi connectivity index (χ3n) is 5.96. The smallest absolute Gasteiger partial charge is 0.369 e. The summed E-state index contributed by atoms with van der Waals surface area (Å²) in [6.07, 6.45) is 5.15. The third kappa shape index (κ3) is 4.30. The second kappa shape index (κ2) is 8.84. The Morgan fingerprint density at radius 1 is 0.971 bits per heavy atom. The van der Waals surface area contributed by atoms with Crippen LogP contribution >= 0.6 is 0 Å². The van der Waals surface area contributed by atoms with Gasteiger partial charge in [-0.1, -0.05) is 18.2 Å². The zero-order valence-electron chi connectivity index (χ0n) is 18.3. The Kier molecular flexibility index (Phi) is 5.86. The van der Waals surface area contributed by atoms with Gasteiger partial charge < -0.3 is 10.2 Å². The Morgan fingerprint density at radius 2 is 1.71 bits per heavy atom. The number of aryl methyl sites for hydroxylation is 1. The molecule has 3 heterocycles. The Balaban J connectivity index is 1.46. The first-order chi connectivity index (χ1) is 16.3. The fourth-order valence-corrected chi connectivity index (χ4v) is 4.83. The van der Waals surface area contributed by atoms with Crippen LogP contribution in [0.4, 0.5) is 18.9 Å². The van der Waals surface area contributed by atoms with Gasteiger partial charge in [0.2, 0.25) is 0 Å². The standard InChI is InChI=1S/C24H22F3N5OS/c1-16-2-7-20(34(33)24(25,26)27)12-21(16)22-14-30-32-15-18(13-29-23(22)32)17-3-5-19(6-4-17)31-10-8-28-9-11-31/h2-7,12-15,28H,8-11H2,1H3. The number of benzene rings is 2. The van der Waals surface area contributed by atoms with E-state index in [1.54, 1.807) is 23.8 Å². The molecule has 34 heavy (non-hydrogen) atoms. The predicted octanol–water partition coefficient (Wildman–Crippen LogP) is 4.41. The highest BCUT2D eigenvalue weighted by molar-refractivity contribution is 7.86. The summed E-state index contributed by atoms with van der Waals surface area (Å²) in [5, 5.41) is 7.72. The lowest BCUT2D eigenvalue weighted by Gasteiger charge is -2.29. The van der Waals surface area contributed by atoms with E-state index in [1.165, 1.54) is 23.9 Å². The van der Waals surface area contributed by atoms with Crippen molar-refractivity contribution < 1.29 is 17.4 Å².